The molecule has 1 heterocycles. The van der Waals surface area contributed by atoms with Crippen molar-refractivity contribution in [1.82, 2.24) is 4.98 Å². The van der Waals surface area contributed by atoms with Crippen LogP contribution in [0.4, 0.5) is 17.2 Å². The third-order valence-corrected chi connectivity index (χ3v) is 4.55. The number of nitrogens with one attached hydrogen (secondary N) is 2. The first-order chi connectivity index (χ1) is 9.89. The van der Waals surface area contributed by atoms with Gasteiger partial charge >= 0.3 is 0 Å². The van der Waals surface area contributed by atoms with Crippen LogP contribution in [0.1, 0.15) is 12.5 Å². The number of aromatic nitrogens is 1. The molecule has 112 valence electrons. The summed E-state index contributed by atoms with van der Waals surface area (Å²) < 4.78 is 25.3. The number of benzene rings is 1. The summed E-state index contributed by atoms with van der Waals surface area (Å²) in [5.74, 6) is 0.306. The van der Waals surface area contributed by atoms with E-state index in [4.69, 9.17) is 11.6 Å². The minimum Gasteiger partial charge on any atom is -0.354 e. The van der Waals surface area contributed by atoms with E-state index in [9.17, 15) is 8.42 Å². The Balaban J connectivity index is 2.10. The molecule has 0 aliphatic heterocycles. The lowest BCUT2D eigenvalue weighted by Gasteiger charge is -2.09. The van der Waals surface area contributed by atoms with Crippen LogP contribution in [0.2, 0.25) is 5.02 Å². The smallest absolute Gasteiger partial charge is 0.233 e. The summed E-state index contributed by atoms with van der Waals surface area (Å²) in [4.78, 5) is 4.06. The van der Waals surface area contributed by atoms with Gasteiger partial charge in [-0.15, -0.1) is 0 Å². The number of nitrogens with zero attached hydrogens (tertiary/aromatic N) is 1. The first-order valence-corrected chi connectivity index (χ1v) is 8.42. The zero-order chi connectivity index (χ0) is 15.5. The monoisotopic (exact) mass is 325 g/mol. The fourth-order valence-corrected chi connectivity index (χ4v) is 2.36. The minimum absolute atomic E-state index is 0.0105. The molecule has 21 heavy (non-hydrogen) atoms. The molecular weight excluding hydrogens is 310 g/mol. The Kier molecular flexibility index (Phi) is 4.69. The molecule has 2 rings (SSSR count). The van der Waals surface area contributed by atoms with Gasteiger partial charge in [-0.3, -0.25) is 4.72 Å². The maximum absolute atomic E-state index is 11.4. The second kappa shape index (κ2) is 6.32. The third kappa shape index (κ3) is 4.34. The van der Waals surface area contributed by atoms with Crippen LogP contribution in [0.25, 0.3) is 0 Å². The molecule has 0 fully saturated rings. The first-order valence-electron chi connectivity index (χ1n) is 6.39. The number of sulfonamides is 1. The van der Waals surface area contributed by atoms with Crippen molar-refractivity contribution in [3.63, 3.8) is 0 Å². The lowest BCUT2D eigenvalue weighted by molar-refractivity contribution is 0.602. The van der Waals surface area contributed by atoms with Gasteiger partial charge in [-0.1, -0.05) is 17.7 Å². The molecule has 0 saturated heterocycles. The van der Waals surface area contributed by atoms with Crippen LogP contribution in [-0.4, -0.2) is 19.2 Å². The van der Waals surface area contributed by atoms with Crippen LogP contribution in [0.3, 0.4) is 0 Å². The molecule has 1 aromatic carbocycles. The van der Waals surface area contributed by atoms with E-state index in [1.165, 1.54) is 0 Å². The summed E-state index contributed by atoms with van der Waals surface area (Å²) in [6, 6.07) is 9.00. The van der Waals surface area contributed by atoms with Crippen molar-refractivity contribution in [2.45, 2.75) is 13.8 Å². The number of hydrogen-bond acceptors (Lipinski definition) is 4. The van der Waals surface area contributed by atoms with Crippen molar-refractivity contribution in [3.8, 4) is 0 Å². The van der Waals surface area contributed by atoms with E-state index in [2.05, 4.69) is 15.0 Å². The molecule has 2 N–H and O–H groups in total. The van der Waals surface area contributed by atoms with Crippen LogP contribution in [0, 0.1) is 6.92 Å². The highest BCUT2D eigenvalue weighted by molar-refractivity contribution is 7.92. The van der Waals surface area contributed by atoms with E-state index in [1.807, 2.05) is 25.1 Å². The summed E-state index contributed by atoms with van der Waals surface area (Å²) in [7, 11) is -3.31. The average Bonchev–Trinajstić information content (AvgIpc) is 2.45. The molecule has 5 nitrogen and oxygen atoms in total. The van der Waals surface area contributed by atoms with Gasteiger partial charge in [0.25, 0.3) is 0 Å². The van der Waals surface area contributed by atoms with Crippen LogP contribution in [0.15, 0.2) is 36.5 Å². The predicted molar refractivity (Wildman–Crippen MR) is 86.8 cm³/mol. The SMILES string of the molecule is CCS(=O)(=O)Nc1ccc(Nc2ccc(C)c(Cl)c2)cn1. The molecule has 0 aliphatic carbocycles. The number of rotatable bonds is 5. The number of pyridine rings is 1. The number of anilines is 3. The van der Waals surface area contributed by atoms with Crippen molar-refractivity contribution in [2.24, 2.45) is 0 Å². The van der Waals surface area contributed by atoms with E-state index in [-0.39, 0.29) is 5.75 Å². The van der Waals surface area contributed by atoms with E-state index < -0.39 is 10.0 Å². The largest absolute Gasteiger partial charge is 0.354 e. The predicted octanol–water partition coefficient (Wildman–Crippen LogP) is 3.55. The summed E-state index contributed by atoms with van der Waals surface area (Å²) in [5.41, 5.74) is 2.59. The molecule has 0 unspecified atom stereocenters. The second-order valence-electron chi connectivity index (χ2n) is 4.53. The Hall–Kier alpha value is -1.79. The summed E-state index contributed by atoms with van der Waals surface area (Å²) in [5, 5.41) is 3.83. The van der Waals surface area contributed by atoms with Crippen LogP contribution >= 0.6 is 11.6 Å². The van der Waals surface area contributed by atoms with Gasteiger partial charge in [0.15, 0.2) is 0 Å². The third-order valence-electron chi connectivity index (χ3n) is 2.86. The average molecular weight is 326 g/mol. The van der Waals surface area contributed by atoms with Crippen molar-refractivity contribution in [3.05, 3.63) is 47.1 Å². The highest BCUT2D eigenvalue weighted by Crippen LogP contribution is 2.23. The Bertz CT molecular complexity index is 730. The van der Waals surface area contributed by atoms with Gasteiger partial charge in [-0.05, 0) is 43.7 Å². The number of halogens is 1. The Labute approximate surface area is 129 Å². The van der Waals surface area contributed by atoms with Gasteiger partial charge in [-0.2, -0.15) is 0 Å². The van der Waals surface area contributed by atoms with Crippen LogP contribution < -0.4 is 10.0 Å². The molecule has 0 atom stereocenters. The molecular formula is C14H16ClN3O2S. The van der Waals surface area contributed by atoms with Crippen molar-refractivity contribution >= 4 is 38.8 Å². The maximum Gasteiger partial charge on any atom is 0.233 e. The Morgan fingerprint density at radius 2 is 1.90 bits per heavy atom. The molecule has 0 saturated carbocycles. The highest BCUT2D eigenvalue weighted by atomic mass is 35.5. The molecule has 0 spiro atoms. The zero-order valence-electron chi connectivity index (χ0n) is 11.7. The van der Waals surface area contributed by atoms with Gasteiger partial charge in [-0.25, -0.2) is 13.4 Å². The van der Waals surface area contributed by atoms with Gasteiger partial charge in [0.2, 0.25) is 10.0 Å². The standard InChI is InChI=1S/C14H16ClN3O2S/c1-3-21(19,20)18-14-7-6-12(9-16-14)17-11-5-4-10(2)13(15)8-11/h4-9,17H,3H2,1-2H3,(H,16,18). The molecule has 0 bridgehead atoms. The van der Waals surface area contributed by atoms with Gasteiger partial charge in [0.1, 0.15) is 5.82 Å². The molecule has 0 amide bonds. The van der Waals surface area contributed by atoms with E-state index >= 15 is 0 Å². The molecule has 0 aliphatic rings. The quantitative estimate of drug-likeness (QED) is 0.882. The van der Waals surface area contributed by atoms with Crippen molar-refractivity contribution in [1.29, 1.82) is 0 Å². The van der Waals surface area contributed by atoms with Crippen molar-refractivity contribution in [2.75, 3.05) is 15.8 Å². The normalized spacial score (nSPS) is 11.2. The minimum atomic E-state index is -3.31. The first kappa shape index (κ1) is 15.6. The summed E-state index contributed by atoms with van der Waals surface area (Å²) in [6.07, 6.45) is 1.56. The topological polar surface area (TPSA) is 71.1 Å². The van der Waals surface area contributed by atoms with Gasteiger partial charge in [0.05, 0.1) is 17.6 Å². The Morgan fingerprint density at radius 1 is 1.19 bits per heavy atom. The van der Waals surface area contributed by atoms with Gasteiger partial charge in [0, 0.05) is 10.7 Å². The molecule has 0 radical (unpaired) electrons. The lowest BCUT2D eigenvalue weighted by Crippen LogP contribution is -2.15. The second-order valence-corrected chi connectivity index (χ2v) is 6.94. The zero-order valence-corrected chi connectivity index (χ0v) is 13.3. The van der Waals surface area contributed by atoms with Crippen LogP contribution in [0.5, 0.6) is 0 Å². The summed E-state index contributed by atoms with van der Waals surface area (Å²) >= 11 is 6.06. The van der Waals surface area contributed by atoms with E-state index in [0.29, 0.717) is 10.8 Å². The lowest BCUT2D eigenvalue weighted by atomic mass is 10.2. The van der Waals surface area contributed by atoms with Crippen LogP contribution in [-0.2, 0) is 10.0 Å². The highest BCUT2D eigenvalue weighted by Gasteiger charge is 2.07. The molecule has 1 aromatic heterocycles. The summed E-state index contributed by atoms with van der Waals surface area (Å²) in [6.45, 7) is 3.50. The maximum atomic E-state index is 11.4. The number of hydrogen-bond donors (Lipinski definition) is 2. The van der Waals surface area contributed by atoms with E-state index in [0.717, 1.165) is 16.9 Å². The van der Waals surface area contributed by atoms with Crippen molar-refractivity contribution < 1.29 is 8.42 Å². The number of aryl methyl sites for hydroxylation is 1. The fraction of sp³-hybridized carbons (Fsp3) is 0.214. The van der Waals surface area contributed by atoms with E-state index in [1.54, 1.807) is 25.3 Å². The Morgan fingerprint density at radius 3 is 2.48 bits per heavy atom. The van der Waals surface area contributed by atoms with Gasteiger partial charge < -0.3 is 5.32 Å². The molecule has 2 aromatic rings. The fourth-order valence-electron chi connectivity index (χ4n) is 1.60. The molecule has 7 heteroatoms.